The first-order valence-electron chi connectivity index (χ1n) is 13.4. The average Bonchev–Trinajstić information content (AvgIpc) is 3.30. The minimum absolute atomic E-state index is 0.185. The first-order chi connectivity index (χ1) is 21.1. The summed E-state index contributed by atoms with van der Waals surface area (Å²) < 4.78 is 20.0. The van der Waals surface area contributed by atoms with Gasteiger partial charge in [-0.1, -0.05) is 35.6 Å². The first kappa shape index (κ1) is 31.4. The Bertz CT molecular complexity index is 1980. The van der Waals surface area contributed by atoms with Gasteiger partial charge in [-0.15, -0.1) is 0 Å². The number of carboxylic acids is 1. The second kappa shape index (κ2) is 13.3. The highest BCUT2D eigenvalue weighted by atomic mass is 79.9. The summed E-state index contributed by atoms with van der Waals surface area (Å²) in [6.07, 6.45) is 1.77. The van der Waals surface area contributed by atoms with E-state index in [2.05, 4.69) is 36.9 Å². The molecule has 5 rings (SSSR count). The molecule has 1 aromatic heterocycles. The van der Waals surface area contributed by atoms with E-state index < -0.39 is 18.0 Å². The van der Waals surface area contributed by atoms with E-state index in [1.165, 1.54) is 28.0 Å². The smallest absolute Gasteiger partial charge is 0.338 e. The molecule has 1 atom stereocenters. The van der Waals surface area contributed by atoms with E-state index in [4.69, 9.17) is 19.3 Å². The van der Waals surface area contributed by atoms with Crippen molar-refractivity contribution in [1.29, 1.82) is 0 Å². The van der Waals surface area contributed by atoms with Crippen molar-refractivity contribution in [1.82, 2.24) is 4.57 Å². The summed E-state index contributed by atoms with van der Waals surface area (Å²) >= 11 is 8.31. The number of carbonyl (C=O) groups excluding carboxylic acids is 1. The SMILES string of the molecule is CCOC(=O)C1=C(C)N=c2s/c(=C/c3ccc(OCc4ccc(C(=O)O)cc4)c(Br)c3)c(=O)n2[C@@H]1c1ccc(OC)c(Br)c1. The number of allylic oxidation sites excluding steroid dienone is 1. The van der Waals surface area contributed by atoms with Gasteiger partial charge in [0.15, 0.2) is 4.80 Å². The molecule has 0 saturated carbocycles. The number of thiazole rings is 1. The molecule has 44 heavy (non-hydrogen) atoms. The quantitative estimate of drug-likeness (QED) is 0.222. The van der Waals surface area contributed by atoms with Crippen molar-refractivity contribution >= 4 is 61.2 Å². The third kappa shape index (κ3) is 6.42. The van der Waals surface area contributed by atoms with E-state index in [-0.39, 0.29) is 24.3 Å². The second-order valence-electron chi connectivity index (χ2n) is 9.68. The minimum Gasteiger partial charge on any atom is -0.496 e. The molecule has 0 radical (unpaired) electrons. The van der Waals surface area contributed by atoms with Crippen LogP contribution in [0.1, 0.15) is 46.9 Å². The largest absolute Gasteiger partial charge is 0.496 e. The molecule has 226 valence electrons. The minimum atomic E-state index is -0.984. The summed E-state index contributed by atoms with van der Waals surface area (Å²) in [6.45, 7) is 3.91. The van der Waals surface area contributed by atoms with Gasteiger partial charge >= 0.3 is 11.9 Å². The van der Waals surface area contributed by atoms with Crippen LogP contribution < -0.4 is 24.4 Å². The maximum absolute atomic E-state index is 13.9. The fourth-order valence-electron chi connectivity index (χ4n) is 4.74. The van der Waals surface area contributed by atoms with Gasteiger partial charge in [0.1, 0.15) is 18.1 Å². The lowest BCUT2D eigenvalue weighted by Crippen LogP contribution is -2.39. The van der Waals surface area contributed by atoms with Gasteiger partial charge in [0.2, 0.25) is 0 Å². The van der Waals surface area contributed by atoms with E-state index in [0.29, 0.717) is 46.6 Å². The third-order valence-electron chi connectivity index (χ3n) is 6.86. The number of aromatic nitrogens is 1. The van der Waals surface area contributed by atoms with Crippen LogP contribution in [0.2, 0.25) is 0 Å². The molecular weight excluding hydrogens is 716 g/mol. The van der Waals surface area contributed by atoms with Crippen molar-refractivity contribution in [3.8, 4) is 11.5 Å². The normalized spacial score (nSPS) is 14.6. The maximum Gasteiger partial charge on any atom is 0.338 e. The van der Waals surface area contributed by atoms with Gasteiger partial charge in [0.05, 0.1) is 50.1 Å². The van der Waals surface area contributed by atoms with Crippen LogP contribution in [0, 0.1) is 0 Å². The van der Waals surface area contributed by atoms with Crippen LogP contribution in [0.5, 0.6) is 11.5 Å². The molecule has 0 saturated heterocycles. The van der Waals surface area contributed by atoms with Crippen LogP contribution in [0.15, 0.2) is 90.7 Å². The molecular formula is C32H26Br2N2O7S. The molecule has 1 aliphatic heterocycles. The van der Waals surface area contributed by atoms with E-state index in [9.17, 15) is 14.4 Å². The zero-order valence-electron chi connectivity index (χ0n) is 23.8. The van der Waals surface area contributed by atoms with Crippen molar-refractivity contribution in [2.75, 3.05) is 13.7 Å². The predicted molar refractivity (Wildman–Crippen MR) is 173 cm³/mol. The highest BCUT2D eigenvalue weighted by molar-refractivity contribution is 9.10. The van der Waals surface area contributed by atoms with Crippen LogP contribution in [0.4, 0.5) is 0 Å². The van der Waals surface area contributed by atoms with E-state index >= 15 is 0 Å². The van der Waals surface area contributed by atoms with Crippen molar-refractivity contribution in [2.45, 2.75) is 26.5 Å². The third-order valence-corrected chi connectivity index (χ3v) is 9.08. The lowest BCUT2D eigenvalue weighted by molar-refractivity contribution is -0.139. The number of halogens is 2. The van der Waals surface area contributed by atoms with Crippen LogP contribution in [-0.2, 0) is 16.1 Å². The number of ether oxygens (including phenoxy) is 3. The highest BCUT2D eigenvalue weighted by Gasteiger charge is 2.33. The van der Waals surface area contributed by atoms with Crippen molar-refractivity contribution in [3.05, 3.63) is 123 Å². The molecule has 0 bridgehead atoms. The van der Waals surface area contributed by atoms with Gasteiger partial charge in [-0.3, -0.25) is 9.36 Å². The molecule has 0 aliphatic carbocycles. The van der Waals surface area contributed by atoms with E-state index in [0.717, 1.165) is 11.1 Å². The Labute approximate surface area is 273 Å². The van der Waals surface area contributed by atoms with Gasteiger partial charge in [0, 0.05) is 0 Å². The standard InChI is InChI=1S/C32H26Br2N2O7S/c1-4-42-31(40)27-17(2)35-32-36(28(27)21-10-12-24(41-3)23(34)15-21)29(37)26(44-32)14-19-7-11-25(22(33)13-19)43-16-18-5-8-20(9-6-18)30(38)39/h5-15,28H,4,16H2,1-3H3,(H,38,39)/b26-14+/t28-/m1/s1. The lowest BCUT2D eigenvalue weighted by Gasteiger charge is -2.25. The molecule has 0 amide bonds. The Morgan fingerprint density at radius 1 is 1.05 bits per heavy atom. The molecule has 9 nitrogen and oxygen atoms in total. The van der Waals surface area contributed by atoms with Crippen molar-refractivity contribution < 1.29 is 28.9 Å². The Morgan fingerprint density at radius 3 is 2.39 bits per heavy atom. The van der Waals surface area contributed by atoms with Gasteiger partial charge in [-0.05, 0) is 105 Å². The number of aromatic carboxylic acids is 1. The number of methoxy groups -OCH3 is 1. The number of esters is 1. The fourth-order valence-corrected chi connectivity index (χ4v) is 6.86. The molecule has 12 heteroatoms. The Hall–Kier alpha value is -4.00. The van der Waals surface area contributed by atoms with Crippen LogP contribution in [-0.4, -0.2) is 35.3 Å². The summed E-state index contributed by atoms with van der Waals surface area (Å²) in [6, 6.07) is 16.6. The molecule has 1 aliphatic rings. The number of hydrogen-bond acceptors (Lipinski definition) is 8. The number of rotatable bonds is 9. The lowest BCUT2D eigenvalue weighted by atomic mass is 9.96. The highest BCUT2D eigenvalue weighted by Crippen LogP contribution is 2.35. The monoisotopic (exact) mass is 740 g/mol. The average molecular weight is 742 g/mol. The summed E-state index contributed by atoms with van der Waals surface area (Å²) in [4.78, 5) is 43.2. The Balaban J connectivity index is 1.50. The number of hydrogen-bond donors (Lipinski definition) is 1. The van der Waals surface area contributed by atoms with Crippen LogP contribution in [0.25, 0.3) is 6.08 Å². The van der Waals surface area contributed by atoms with Crippen LogP contribution in [0.3, 0.4) is 0 Å². The summed E-state index contributed by atoms with van der Waals surface area (Å²) in [5.74, 6) is -0.307. The Morgan fingerprint density at radius 2 is 1.75 bits per heavy atom. The van der Waals surface area contributed by atoms with Gasteiger partial charge in [-0.2, -0.15) is 0 Å². The van der Waals surface area contributed by atoms with Gasteiger partial charge < -0.3 is 19.3 Å². The predicted octanol–water partition coefficient (Wildman–Crippen LogP) is 5.61. The molecule has 1 N–H and O–H groups in total. The van der Waals surface area contributed by atoms with Gasteiger partial charge in [-0.25, -0.2) is 14.6 Å². The number of carboxylic acid groups (broad SMARTS) is 1. The molecule has 3 aromatic carbocycles. The molecule has 2 heterocycles. The number of benzene rings is 3. The first-order valence-corrected chi connectivity index (χ1v) is 15.8. The summed E-state index contributed by atoms with van der Waals surface area (Å²) in [5.41, 5.74) is 2.97. The zero-order chi connectivity index (χ0) is 31.5. The molecule has 4 aromatic rings. The van der Waals surface area contributed by atoms with E-state index in [1.807, 2.05) is 24.3 Å². The number of nitrogens with zero attached hydrogens (tertiary/aromatic N) is 2. The molecule has 0 unspecified atom stereocenters. The topological polar surface area (TPSA) is 116 Å². The molecule has 0 fully saturated rings. The van der Waals surface area contributed by atoms with Crippen LogP contribution >= 0.6 is 43.2 Å². The zero-order valence-corrected chi connectivity index (χ0v) is 27.8. The summed E-state index contributed by atoms with van der Waals surface area (Å²) in [7, 11) is 1.57. The van der Waals surface area contributed by atoms with Crippen molar-refractivity contribution in [3.63, 3.8) is 0 Å². The fraction of sp³-hybridized carbons (Fsp3) is 0.188. The Kier molecular flexibility index (Phi) is 9.52. The van der Waals surface area contributed by atoms with Gasteiger partial charge in [0.25, 0.3) is 5.56 Å². The maximum atomic E-state index is 13.9. The number of fused-ring (bicyclic) bond motifs is 1. The molecule has 0 spiro atoms. The second-order valence-corrected chi connectivity index (χ2v) is 12.4. The summed E-state index contributed by atoms with van der Waals surface area (Å²) in [5, 5.41) is 9.08. The van der Waals surface area contributed by atoms with E-state index in [1.54, 1.807) is 51.3 Å². The number of carbonyl (C=O) groups is 2. The van der Waals surface area contributed by atoms with Crippen molar-refractivity contribution in [2.24, 2.45) is 4.99 Å².